The molecule has 0 N–H and O–H groups in total. The van der Waals surface area contributed by atoms with E-state index in [1.165, 1.54) is 11.3 Å². The van der Waals surface area contributed by atoms with Crippen molar-refractivity contribution < 1.29 is 4.79 Å². The minimum Gasteiger partial charge on any atom is -0.354 e. The molecule has 1 fully saturated rings. The van der Waals surface area contributed by atoms with Crippen LogP contribution in [0, 0.1) is 6.92 Å². The van der Waals surface area contributed by atoms with Crippen molar-refractivity contribution in [3.05, 3.63) is 58.7 Å². The van der Waals surface area contributed by atoms with Gasteiger partial charge in [-0.1, -0.05) is 30.3 Å². The predicted molar refractivity (Wildman–Crippen MR) is 121 cm³/mol. The van der Waals surface area contributed by atoms with E-state index in [4.69, 9.17) is 0 Å². The molecule has 0 saturated carbocycles. The van der Waals surface area contributed by atoms with Crippen LogP contribution in [-0.4, -0.2) is 53.2 Å². The normalized spacial score (nSPS) is 16.5. The number of carbonyl (C=O) groups excluding carboxylic acids is 1. The van der Waals surface area contributed by atoms with Crippen molar-refractivity contribution in [3.8, 4) is 0 Å². The zero-order valence-electron chi connectivity index (χ0n) is 17.3. The number of amides is 1. The van der Waals surface area contributed by atoms with Crippen molar-refractivity contribution >= 4 is 44.1 Å². The summed E-state index contributed by atoms with van der Waals surface area (Å²) in [6, 6.07) is 12.3. The molecule has 7 heteroatoms. The molecule has 5 rings (SSSR count). The number of hydrogen-bond donors (Lipinski definition) is 0. The van der Waals surface area contributed by atoms with Gasteiger partial charge in [0.1, 0.15) is 4.83 Å². The van der Waals surface area contributed by atoms with E-state index in [9.17, 15) is 4.79 Å². The second kappa shape index (κ2) is 7.32. The van der Waals surface area contributed by atoms with E-state index in [1.54, 1.807) is 25.2 Å². The third-order valence-corrected chi connectivity index (χ3v) is 6.97. The number of aryl methyl sites for hydroxylation is 1. The van der Waals surface area contributed by atoms with E-state index in [2.05, 4.69) is 38.3 Å². The fraction of sp³-hybridized carbons (Fsp3) is 0.304. The van der Waals surface area contributed by atoms with Gasteiger partial charge in [-0.05, 0) is 25.0 Å². The minimum atomic E-state index is 0.0482. The van der Waals surface area contributed by atoms with Gasteiger partial charge in [0, 0.05) is 55.5 Å². The number of fused-ring (bicyclic) bond motifs is 2. The van der Waals surface area contributed by atoms with Gasteiger partial charge in [0.2, 0.25) is 0 Å². The maximum Gasteiger partial charge on any atom is 0.263 e. The summed E-state index contributed by atoms with van der Waals surface area (Å²) in [6.45, 7) is 3.70. The molecule has 1 atom stereocenters. The first-order chi connectivity index (χ1) is 14.5. The molecule has 4 heterocycles. The highest BCUT2D eigenvalue weighted by Crippen LogP contribution is 2.41. The fourth-order valence-corrected chi connectivity index (χ4v) is 5.62. The van der Waals surface area contributed by atoms with Gasteiger partial charge in [-0.15, -0.1) is 16.4 Å². The third-order valence-electron chi connectivity index (χ3n) is 5.85. The maximum atomic E-state index is 12.9. The van der Waals surface area contributed by atoms with Gasteiger partial charge < -0.3 is 9.80 Å². The van der Waals surface area contributed by atoms with Gasteiger partial charge in [0.15, 0.2) is 5.82 Å². The standard InChI is InChI=1S/C23H23N5OS/c1-14-16-7-4-5-8-17(16)21(26-25-14)28-12-10-15(13-28)19-18-9-6-11-24-22(18)30-20(19)23(29)27(2)3/h4-9,11,15H,10,12-13H2,1-3H3/t15-/m0/s1. The van der Waals surface area contributed by atoms with Crippen LogP contribution in [0.5, 0.6) is 0 Å². The molecular weight excluding hydrogens is 394 g/mol. The van der Waals surface area contributed by atoms with Gasteiger partial charge in [-0.3, -0.25) is 4.79 Å². The van der Waals surface area contributed by atoms with Crippen molar-refractivity contribution in [2.45, 2.75) is 19.3 Å². The van der Waals surface area contributed by atoms with E-state index in [0.29, 0.717) is 0 Å². The fourth-order valence-electron chi connectivity index (χ4n) is 4.36. The van der Waals surface area contributed by atoms with Crippen molar-refractivity contribution in [2.24, 2.45) is 0 Å². The van der Waals surface area contributed by atoms with Crippen LogP contribution in [0.3, 0.4) is 0 Å². The summed E-state index contributed by atoms with van der Waals surface area (Å²) in [7, 11) is 3.61. The molecule has 0 spiro atoms. The van der Waals surface area contributed by atoms with E-state index < -0.39 is 0 Å². The lowest BCUT2D eigenvalue weighted by atomic mass is 9.95. The van der Waals surface area contributed by atoms with Crippen LogP contribution in [-0.2, 0) is 0 Å². The SMILES string of the molecule is Cc1nnc(N2CC[C@H](c3c(C(=O)N(C)C)sc4ncccc34)C2)c2ccccc12. The van der Waals surface area contributed by atoms with Gasteiger partial charge in [-0.2, -0.15) is 5.10 Å². The number of hydrogen-bond acceptors (Lipinski definition) is 6. The zero-order valence-corrected chi connectivity index (χ0v) is 18.1. The molecule has 1 aliphatic rings. The van der Waals surface area contributed by atoms with Crippen molar-refractivity contribution in [1.82, 2.24) is 20.1 Å². The molecular formula is C23H23N5OS. The summed E-state index contributed by atoms with van der Waals surface area (Å²) in [4.78, 5) is 23.1. The second-order valence-corrected chi connectivity index (χ2v) is 8.99. The first kappa shape index (κ1) is 18.9. The lowest BCUT2D eigenvalue weighted by molar-refractivity contribution is 0.0831. The molecule has 1 aliphatic heterocycles. The number of aromatic nitrogens is 3. The topological polar surface area (TPSA) is 62.2 Å². The predicted octanol–water partition coefficient (Wildman–Crippen LogP) is 4.24. The van der Waals surface area contributed by atoms with Crippen LogP contribution < -0.4 is 4.90 Å². The maximum absolute atomic E-state index is 12.9. The summed E-state index contributed by atoms with van der Waals surface area (Å²) in [5.41, 5.74) is 2.08. The van der Waals surface area contributed by atoms with Gasteiger partial charge in [0.25, 0.3) is 5.91 Å². The number of carbonyl (C=O) groups is 1. The number of thiophene rings is 1. The quantitative estimate of drug-likeness (QED) is 0.499. The highest BCUT2D eigenvalue weighted by Gasteiger charge is 2.32. The Labute approximate surface area is 179 Å². The number of pyridine rings is 1. The second-order valence-electron chi connectivity index (χ2n) is 7.99. The van der Waals surface area contributed by atoms with E-state index in [-0.39, 0.29) is 11.8 Å². The summed E-state index contributed by atoms with van der Waals surface area (Å²) in [6.07, 6.45) is 2.76. The molecule has 30 heavy (non-hydrogen) atoms. The van der Waals surface area contributed by atoms with Crippen molar-refractivity contribution in [3.63, 3.8) is 0 Å². The molecule has 0 radical (unpaired) electrons. The Hall–Kier alpha value is -3.06. The Morgan fingerprint density at radius 1 is 1.10 bits per heavy atom. The van der Waals surface area contributed by atoms with Crippen LogP contribution in [0.25, 0.3) is 21.0 Å². The molecule has 0 bridgehead atoms. The van der Waals surface area contributed by atoms with Gasteiger partial charge in [-0.25, -0.2) is 4.98 Å². The Bertz CT molecular complexity index is 1270. The monoisotopic (exact) mass is 417 g/mol. The number of rotatable bonds is 3. The van der Waals surface area contributed by atoms with Gasteiger partial charge >= 0.3 is 0 Å². The first-order valence-electron chi connectivity index (χ1n) is 10.1. The van der Waals surface area contributed by atoms with E-state index in [0.717, 1.165) is 62.5 Å². The molecule has 4 aromatic rings. The van der Waals surface area contributed by atoms with E-state index >= 15 is 0 Å². The average Bonchev–Trinajstić information content (AvgIpc) is 3.38. The van der Waals surface area contributed by atoms with Crippen molar-refractivity contribution in [1.29, 1.82) is 0 Å². The smallest absolute Gasteiger partial charge is 0.263 e. The highest BCUT2D eigenvalue weighted by molar-refractivity contribution is 7.20. The molecule has 1 amide bonds. The number of nitrogens with zero attached hydrogens (tertiary/aromatic N) is 5. The number of anilines is 1. The number of benzene rings is 1. The Morgan fingerprint density at radius 2 is 1.87 bits per heavy atom. The minimum absolute atomic E-state index is 0.0482. The molecule has 0 aliphatic carbocycles. The third kappa shape index (κ3) is 3.01. The van der Waals surface area contributed by atoms with Gasteiger partial charge in [0.05, 0.1) is 10.6 Å². The summed E-state index contributed by atoms with van der Waals surface area (Å²) in [5.74, 6) is 1.23. The largest absolute Gasteiger partial charge is 0.354 e. The Morgan fingerprint density at radius 3 is 2.67 bits per heavy atom. The summed E-state index contributed by atoms with van der Waals surface area (Å²) in [5, 5.41) is 12.3. The summed E-state index contributed by atoms with van der Waals surface area (Å²) >= 11 is 1.50. The Kier molecular flexibility index (Phi) is 4.62. The molecule has 0 unspecified atom stereocenters. The molecule has 6 nitrogen and oxygen atoms in total. The van der Waals surface area contributed by atoms with Crippen LogP contribution >= 0.6 is 11.3 Å². The Balaban J connectivity index is 1.56. The van der Waals surface area contributed by atoms with Crippen LogP contribution in [0.15, 0.2) is 42.6 Å². The molecule has 1 aromatic carbocycles. The van der Waals surface area contributed by atoms with Crippen LogP contribution in [0.1, 0.15) is 33.3 Å². The highest BCUT2D eigenvalue weighted by atomic mass is 32.1. The van der Waals surface area contributed by atoms with E-state index in [1.807, 2.05) is 25.1 Å². The van der Waals surface area contributed by atoms with Crippen LogP contribution in [0.4, 0.5) is 5.82 Å². The molecule has 1 saturated heterocycles. The summed E-state index contributed by atoms with van der Waals surface area (Å²) < 4.78 is 0. The first-order valence-corrected chi connectivity index (χ1v) is 10.9. The zero-order chi connectivity index (χ0) is 20.8. The lowest BCUT2D eigenvalue weighted by Crippen LogP contribution is -2.24. The lowest BCUT2D eigenvalue weighted by Gasteiger charge is -2.20. The molecule has 3 aromatic heterocycles. The van der Waals surface area contributed by atoms with Crippen LogP contribution in [0.2, 0.25) is 0 Å². The average molecular weight is 418 g/mol. The molecule has 152 valence electrons. The van der Waals surface area contributed by atoms with Crippen molar-refractivity contribution in [2.75, 3.05) is 32.1 Å².